The van der Waals surface area contributed by atoms with E-state index < -0.39 is 17.9 Å². The average Bonchev–Trinajstić information content (AvgIpc) is 3.78. The lowest BCUT2D eigenvalue weighted by molar-refractivity contribution is 0.0683. The van der Waals surface area contributed by atoms with Gasteiger partial charge in [0.2, 0.25) is 6.36 Å². The molecule has 3 atom stereocenters. The molecule has 0 aliphatic heterocycles. The third-order valence-electron chi connectivity index (χ3n) is 7.09. The second kappa shape index (κ2) is 9.38. The second-order valence-electron chi connectivity index (χ2n) is 9.58. The Labute approximate surface area is 208 Å². The molecule has 8 heteroatoms. The summed E-state index contributed by atoms with van der Waals surface area (Å²) in [6, 6.07) is 9.55. The van der Waals surface area contributed by atoms with Crippen LogP contribution in [0.5, 0.6) is 11.5 Å². The van der Waals surface area contributed by atoms with Crippen LogP contribution in [-0.2, 0) is 5.41 Å². The number of halogens is 2. The van der Waals surface area contributed by atoms with Crippen molar-refractivity contribution in [3.05, 3.63) is 60.4 Å². The highest BCUT2D eigenvalue weighted by atomic mass is 19.1. The van der Waals surface area contributed by atoms with Crippen LogP contribution < -0.4 is 9.47 Å². The van der Waals surface area contributed by atoms with Gasteiger partial charge >= 0.3 is 0 Å². The lowest BCUT2D eigenvalue weighted by Crippen LogP contribution is -2.13. The largest absolute Gasteiger partial charge is 0.496 e. The van der Waals surface area contributed by atoms with E-state index in [9.17, 15) is 18.8 Å². The van der Waals surface area contributed by atoms with Crippen molar-refractivity contribution in [3.63, 3.8) is 0 Å². The predicted molar refractivity (Wildman–Crippen MR) is 131 cm³/mol. The Morgan fingerprint density at radius 3 is 2.78 bits per heavy atom. The van der Waals surface area contributed by atoms with E-state index >= 15 is 0 Å². The van der Waals surface area contributed by atoms with Crippen LogP contribution in [0.3, 0.4) is 0 Å². The lowest BCUT2D eigenvalue weighted by atomic mass is 9.97. The maximum absolute atomic E-state index is 14.5. The molecule has 2 aliphatic carbocycles. The molecule has 6 nitrogen and oxygen atoms in total. The molecule has 1 unspecified atom stereocenters. The number of carbonyl (C=O) groups excluding carboxylic acids is 1. The number of nitriles is 1. The summed E-state index contributed by atoms with van der Waals surface area (Å²) in [7, 11) is 1.44. The van der Waals surface area contributed by atoms with Gasteiger partial charge in [-0.1, -0.05) is 12.1 Å². The molecule has 2 fully saturated rings. The molecular weight excluding hydrogens is 464 g/mol. The summed E-state index contributed by atoms with van der Waals surface area (Å²) < 4.78 is 40.7. The van der Waals surface area contributed by atoms with Crippen LogP contribution in [0.2, 0.25) is 0 Å². The topological polar surface area (TPSA) is 76.6 Å². The van der Waals surface area contributed by atoms with Crippen molar-refractivity contribution in [3.8, 4) is 28.7 Å². The fourth-order valence-corrected chi connectivity index (χ4v) is 4.62. The van der Waals surface area contributed by atoms with Crippen molar-refractivity contribution < 1.29 is 23.0 Å². The molecule has 186 valence electrons. The average molecular weight is 492 g/mol. The Balaban J connectivity index is 1.54. The van der Waals surface area contributed by atoms with Crippen molar-refractivity contribution in [2.75, 3.05) is 7.11 Å². The third-order valence-corrected chi connectivity index (χ3v) is 7.09. The van der Waals surface area contributed by atoms with Crippen molar-refractivity contribution >= 4 is 11.3 Å². The maximum atomic E-state index is 14.5. The fraction of sp³-hybridized carbons (Fsp3) is 0.393. The van der Waals surface area contributed by atoms with Gasteiger partial charge in [0.05, 0.1) is 30.3 Å². The standard InChI is InChI=1S/C28H27F2N3O3/c1-3-4-26(30)36-25-13-18(12-24(35-2)27(25)23(34)8-5-17-11-21(17)29)20-14-32-33-15-19(6-7-22(20)33)28(16-31)9-10-28/h3,6-7,12-15,17,21,26H,1,4-5,8-11H2,2H3/t17-,21+,26?/m1/s1. The van der Waals surface area contributed by atoms with Gasteiger partial charge in [-0.05, 0) is 60.9 Å². The number of alkyl halides is 2. The predicted octanol–water partition coefficient (Wildman–Crippen LogP) is 6.14. The highest BCUT2D eigenvalue weighted by Gasteiger charge is 2.45. The van der Waals surface area contributed by atoms with E-state index in [2.05, 4.69) is 17.7 Å². The third kappa shape index (κ3) is 4.46. The van der Waals surface area contributed by atoms with E-state index in [-0.39, 0.29) is 41.6 Å². The number of methoxy groups -OCH3 is 1. The SMILES string of the molecule is C=CCC(F)Oc1cc(-c2cnn3cc(C4(C#N)CC4)ccc23)cc(OC)c1C(=O)CC[C@@H]1C[C@@H]1F. The Kier molecular flexibility index (Phi) is 6.25. The zero-order valence-electron chi connectivity index (χ0n) is 20.0. The number of pyridine rings is 1. The van der Waals surface area contributed by atoms with Crippen molar-refractivity contribution in [1.82, 2.24) is 9.61 Å². The number of Topliss-reactive ketones (excluding diaryl/α,β-unsaturated/α-hetero) is 1. The maximum Gasteiger partial charge on any atom is 0.241 e. The summed E-state index contributed by atoms with van der Waals surface area (Å²) in [5.41, 5.74) is 2.79. The first kappa shape index (κ1) is 24.0. The number of hydrogen-bond donors (Lipinski definition) is 0. The molecule has 5 rings (SSSR count). The summed E-state index contributed by atoms with van der Waals surface area (Å²) in [4.78, 5) is 13.1. The van der Waals surface area contributed by atoms with Gasteiger partial charge in [0.15, 0.2) is 5.78 Å². The van der Waals surface area contributed by atoms with Gasteiger partial charge in [0.1, 0.15) is 23.2 Å². The minimum Gasteiger partial charge on any atom is -0.496 e. The first-order valence-corrected chi connectivity index (χ1v) is 12.1. The summed E-state index contributed by atoms with van der Waals surface area (Å²) >= 11 is 0. The molecule has 2 saturated carbocycles. The van der Waals surface area contributed by atoms with Crippen molar-refractivity contribution in [2.24, 2.45) is 5.92 Å². The van der Waals surface area contributed by atoms with Gasteiger partial charge in [-0.2, -0.15) is 10.4 Å². The molecule has 1 aromatic carbocycles. The zero-order valence-corrected chi connectivity index (χ0v) is 20.0. The minimum absolute atomic E-state index is 0.0497. The number of rotatable bonds is 11. The molecule has 3 aromatic rings. The molecule has 0 bridgehead atoms. The van der Waals surface area contributed by atoms with Crippen LogP contribution in [0, 0.1) is 17.2 Å². The summed E-state index contributed by atoms with van der Waals surface area (Å²) in [5, 5.41) is 14.0. The van der Waals surface area contributed by atoms with Crippen molar-refractivity contribution in [2.45, 2.75) is 56.5 Å². The van der Waals surface area contributed by atoms with E-state index in [0.717, 1.165) is 29.5 Å². The van der Waals surface area contributed by atoms with Crippen LogP contribution >= 0.6 is 0 Å². The van der Waals surface area contributed by atoms with Gasteiger partial charge < -0.3 is 9.47 Å². The van der Waals surface area contributed by atoms with Gasteiger partial charge in [-0.15, -0.1) is 6.58 Å². The monoisotopic (exact) mass is 491 g/mol. The number of ketones is 1. The van der Waals surface area contributed by atoms with E-state index in [0.29, 0.717) is 18.4 Å². The summed E-state index contributed by atoms with van der Waals surface area (Å²) in [5.74, 6) is -0.0660. The smallest absolute Gasteiger partial charge is 0.241 e. The molecule has 0 spiro atoms. The minimum atomic E-state index is -1.69. The molecular formula is C28H27F2N3O3. The Morgan fingerprint density at radius 2 is 2.14 bits per heavy atom. The first-order chi connectivity index (χ1) is 17.4. The van der Waals surface area contributed by atoms with Crippen LogP contribution in [0.1, 0.15) is 54.4 Å². The highest BCUT2D eigenvalue weighted by molar-refractivity contribution is 6.02. The quantitative estimate of drug-likeness (QED) is 0.238. The van der Waals surface area contributed by atoms with Crippen LogP contribution in [0.15, 0.2) is 49.3 Å². The Morgan fingerprint density at radius 1 is 1.39 bits per heavy atom. The molecule has 36 heavy (non-hydrogen) atoms. The molecule has 0 N–H and O–H groups in total. The molecule has 2 aliphatic rings. The number of hydrogen-bond acceptors (Lipinski definition) is 5. The molecule has 2 aromatic heterocycles. The first-order valence-electron chi connectivity index (χ1n) is 12.1. The number of carbonyl (C=O) groups is 1. The van der Waals surface area contributed by atoms with Crippen LogP contribution in [-0.4, -0.2) is 35.0 Å². The molecule has 0 radical (unpaired) electrons. The van der Waals surface area contributed by atoms with Crippen LogP contribution in [0.4, 0.5) is 8.78 Å². The number of nitrogens with zero attached hydrogens (tertiary/aromatic N) is 3. The normalized spacial score (nSPS) is 20.4. The Hall–Kier alpha value is -3.73. The van der Waals surface area contributed by atoms with Crippen LogP contribution in [0.25, 0.3) is 16.6 Å². The van der Waals surface area contributed by atoms with Gasteiger partial charge in [0, 0.05) is 24.6 Å². The number of aromatic nitrogens is 2. The zero-order chi connectivity index (χ0) is 25.4. The Bertz CT molecular complexity index is 1370. The second-order valence-corrected chi connectivity index (χ2v) is 9.58. The van der Waals surface area contributed by atoms with Gasteiger partial charge in [-0.25, -0.2) is 13.3 Å². The molecule has 0 saturated heterocycles. The van der Waals surface area contributed by atoms with E-state index in [1.54, 1.807) is 22.8 Å². The van der Waals surface area contributed by atoms with Gasteiger partial charge in [0.25, 0.3) is 0 Å². The van der Waals surface area contributed by atoms with E-state index in [4.69, 9.17) is 9.47 Å². The number of ether oxygens (including phenoxy) is 2. The number of fused-ring (bicyclic) bond motifs is 1. The number of benzene rings is 1. The molecule has 2 heterocycles. The van der Waals surface area contributed by atoms with E-state index in [1.807, 2.05) is 18.3 Å². The molecule has 0 amide bonds. The summed E-state index contributed by atoms with van der Waals surface area (Å²) in [6.07, 6.45) is 5.03. The lowest BCUT2D eigenvalue weighted by Gasteiger charge is -2.18. The summed E-state index contributed by atoms with van der Waals surface area (Å²) in [6.45, 7) is 3.55. The fourth-order valence-electron chi connectivity index (χ4n) is 4.62. The highest BCUT2D eigenvalue weighted by Crippen LogP contribution is 2.48. The van der Waals surface area contributed by atoms with Gasteiger partial charge in [-0.3, -0.25) is 4.79 Å². The van der Waals surface area contributed by atoms with E-state index in [1.165, 1.54) is 13.2 Å². The van der Waals surface area contributed by atoms with Crippen molar-refractivity contribution in [1.29, 1.82) is 5.26 Å².